The second-order valence-corrected chi connectivity index (χ2v) is 12.5. The second kappa shape index (κ2) is 15.1. The highest BCUT2D eigenvalue weighted by atomic mass is 32.2. The van der Waals surface area contributed by atoms with Crippen molar-refractivity contribution in [2.75, 3.05) is 46.4 Å². The van der Waals surface area contributed by atoms with Crippen LogP contribution in [0.25, 0.3) is 0 Å². The minimum absolute atomic E-state index is 0.0217. The van der Waals surface area contributed by atoms with Crippen LogP contribution in [0, 0.1) is 0 Å². The Balaban J connectivity index is 1.33. The lowest BCUT2D eigenvalue weighted by Gasteiger charge is -2.38. The van der Waals surface area contributed by atoms with Crippen molar-refractivity contribution < 1.29 is 22.3 Å². The third kappa shape index (κ3) is 8.61. The van der Waals surface area contributed by atoms with E-state index in [1.807, 2.05) is 48.5 Å². The maximum absolute atomic E-state index is 13.4. The van der Waals surface area contributed by atoms with E-state index in [0.29, 0.717) is 6.54 Å². The Morgan fingerprint density at radius 1 is 0.951 bits per heavy atom. The van der Waals surface area contributed by atoms with Crippen molar-refractivity contribution in [3.8, 4) is 0 Å². The molecule has 1 fully saturated rings. The van der Waals surface area contributed by atoms with E-state index in [4.69, 9.17) is 4.74 Å². The molecule has 0 bridgehead atoms. The van der Waals surface area contributed by atoms with Crippen molar-refractivity contribution in [2.45, 2.75) is 42.7 Å². The fourth-order valence-electron chi connectivity index (χ4n) is 5.38. The number of nitrogens with zero attached hydrogens (tertiary/aromatic N) is 3. The summed E-state index contributed by atoms with van der Waals surface area (Å²) in [5.41, 5.74) is 2.00. The number of sulfonamides is 1. The van der Waals surface area contributed by atoms with Crippen molar-refractivity contribution in [1.82, 2.24) is 14.1 Å². The van der Waals surface area contributed by atoms with Gasteiger partial charge in [0.1, 0.15) is 13.3 Å². The number of piperidine rings is 1. The number of carbonyl (C=O) groups is 1. The fraction of sp³-hybridized carbons (Fsp3) is 0.406. The lowest BCUT2D eigenvalue weighted by Crippen LogP contribution is -2.48. The van der Waals surface area contributed by atoms with Gasteiger partial charge in [-0.15, -0.1) is 0 Å². The second-order valence-electron chi connectivity index (χ2n) is 10.5. The summed E-state index contributed by atoms with van der Waals surface area (Å²) in [6.45, 7) is 2.30. The van der Waals surface area contributed by atoms with Crippen LogP contribution in [0.3, 0.4) is 0 Å². The fourth-order valence-corrected chi connectivity index (χ4v) is 6.62. The van der Waals surface area contributed by atoms with E-state index >= 15 is 0 Å². The molecule has 4 rings (SSSR count). The number of alkyl halides is 1. The van der Waals surface area contributed by atoms with Crippen LogP contribution in [-0.4, -0.2) is 81.1 Å². The highest BCUT2D eigenvalue weighted by Gasteiger charge is 2.30. The summed E-state index contributed by atoms with van der Waals surface area (Å²) in [5.74, 6) is 0.0217. The van der Waals surface area contributed by atoms with Gasteiger partial charge in [-0.25, -0.2) is 21.9 Å². The van der Waals surface area contributed by atoms with Crippen LogP contribution in [0.2, 0.25) is 0 Å². The molecule has 1 aliphatic rings. The number of halogens is 1. The summed E-state index contributed by atoms with van der Waals surface area (Å²) in [6, 6.07) is 27.9. The van der Waals surface area contributed by atoms with Crippen LogP contribution in [-0.2, 0) is 21.4 Å². The summed E-state index contributed by atoms with van der Waals surface area (Å²) in [4.78, 5) is 17.0. The molecule has 0 N–H and O–H groups in total. The quantitative estimate of drug-likeness (QED) is 0.265. The normalized spacial score (nSPS) is 15.5. The van der Waals surface area contributed by atoms with Gasteiger partial charge in [0, 0.05) is 32.7 Å². The van der Waals surface area contributed by atoms with Gasteiger partial charge in [-0.2, -0.15) is 0 Å². The van der Waals surface area contributed by atoms with Gasteiger partial charge in [0.15, 0.2) is 0 Å². The van der Waals surface area contributed by atoms with Gasteiger partial charge in [0.2, 0.25) is 10.0 Å². The SMILES string of the molecule is CN(CC(CCN1CCC(N(CCF)C(=O)OCc2ccccc2)CC1)c1ccccc1)S(=O)(=O)c1ccccc1. The van der Waals surface area contributed by atoms with Gasteiger partial charge in [-0.05, 0) is 55.0 Å². The summed E-state index contributed by atoms with van der Waals surface area (Å²) in [7, 11) is -1.96. The molecule has 7 nitrogen and oxygen atoms in total. The van der Waals surface area contributed by atoms with Gasteiger partial charge in [-0.3, -0.25) is 0 Å². The van der Waals surface area contributed by atoms with Gasteiger partial charge >= 0.3 is 6.09 Å². The molecule has 1 heterocycles. The van der Waals surface area contributed by atoms with Crippen molar-refractivity contribution in [3.05, 3.63) is 102 Å². The first kappa shape index (κ1) is 30.7. The Morgan fingerprint density at radius 3 is 2.15 bits per heavy atom. The molecule has 0 saturated carbocycles. The Morgan fingerprint density at radius 2 is 1.54 bits per heavy atom. The Labute approximate surface area is 243 Å². The lowest BCUT2D eigenvalue weighted by molar-refractivity contribution is 0.0574. The maximum atomic E-state index is 13.4. The molecule has 0 radical (unpaired) electrons. The molecule has 220 valence electrons. The van der Waals surface area contributed by atoms with Crippen molar-refractivity contribution >= 4 is 16.1 Å². The number of likely N-dealkylation sites (tertiary alicyclic amines) is 1. The minimum Gasteiger partial charge on any atom is -0.445 e. The zero-order valence-corrected chi connectivity index (χ0v) is 24.5. The average Bonchev–Trinajstić information content (AvgIpc) is 3.02. The van der Waals surface area contributed by atoms with Crippen LogP contribution in [0.4, 0.5) is 9.18 Å². The number of likely N-dealkylation sites (N-methyl/N-ethyl adjacent to an activating group) is 1. The van der Waals surface area contributed by atoms with E-state index < -0.39 is 22.8 Å². The third-order valence-electron chi connectivity index (χ3n) is 7.76. The smallest absolute Gasteiger partial charge is 0.410 e. The standard InChI is InChI=1S/C32H40FN3O4S/c1-34(41(38,39)31-15-9-4-10-16-31)25-29(28-13-7-3-8-14-28)17-21-35-22-18-30(19-23-35)36(24-20-33)32(37)40-26-27-11-5-2-6-12-27/h2-16,29-30H,17-26H2,1H3. The average molecular weight is 582 g/mol. The van der Waals surface area contributed by atoms with Crippen LogP contribution in [0.5, 0.6) is 0 Å². The molecular weight excluding hydrogens is 541 g/mol. The summed E-state index contributed by atoms with van der Waals surface area (Å²) in [5, 5.41) is 0. The van der Waals surface area contributed by atoms with Crippen LogP contribution >= 0.6 is 0 Å². The predicted molar refractivity (Wildman–Crippen MR) is 159 cm³/mol. The molecule has 41 heavy (non-hydrogen) atoms. The van der Waals surface area contributed by atoms with E-state index in [2.05, 4.69) is 17.0 Å². The van der Waals surface area contributed by atoms with E-state index in [-0.39, 0.29) is 30.0 Å². The lowest BCUT2D eigenvalue weighted by atomic mass is 9.94. The van der Waals surface area contributed by atoms with Gasteiger partial charge < -0.3 is 14.5 Å². The molecule has 3 aromatic carbocycles. The number of carbonyl (C=O) groups excluding carboxylic acids is 1. The van der Waals surface area contributed by atoms with Crippen LogP contribution in [0.15, 0.2) is 95.9 Å². The molecular formula is C32H40FN3O4S. The van der Waals surface area contributed by atoms with E-state index in [9.17, 15) is 17.6 Å². The zero-order valence-electron chi connectivity index (χ0n) is 23.6. The molecule has 1 atom stereocenters. The van der Waals surface area contributed by atoms with E-state index in [1.54, 1.807) is 37.4 Å². The molecule has 0 aliphatic carbocycles. The molecule has 3 aromatic rings. The Hall–Kier alpha value is -3.27. The molecule has 9 heteroatoms. The van der Waals surface area contributed by atoms with Crippen molar-refractivity contribution in [2.24, 2.45) is 0 Å². The first-order valence-corrected chi connectivity index (χ1v) is 15.6. The molecule has 1 aliphatic heterocycles. The summed E-state index contributed by atoms with van der Waals surface area (Å²) in [6.07, 6.45) is 1.78. The van der Waals surface area contributed by atoms with E-state index in [1.165, 1.54) is 9.21 Å². The highest BCUT2D eigenvalue weighted by molar-refractivity contribution is 7.89. The molecule has 1 unspecified atom stereocenters. The van der Waals surface area contributed by atoms with E-state index in [0.717, 1.165) is 50.0 Å². The number of hydrogen-bond acceptors (Lipinski definition) is 5. The third-order valence-corrected chi connectivity index (χ3v) is 9.59. The first-order chi connectivity index (χ1) is 19.9. The number of ether oxygens (including phenoxy) is 1. The molecule has 0 aromatic heterocycles. The van der Waals surface area contributed by atoms with Crippen molar-refractivity contribution in [3.63, 3.8) is 0 Å². The van der Waals surface area contributed by atoms with Gasteiger partial charge in [-0.1, -0.05) is 78.9 Å². The van der Waals surface area contributed by atoms with Crippen molar-refractivity contribution in [1.29, 1.82) is 0 Å². The number of rotatable bonds is 13. The maximum Gasteiger partial charge on any atom is 0.410 e. The zero-order chi connectivity index (χ0) is 29.1. The van der Waals surface area contributed by atoms with Crippen LogP contribution in [0.1, 0.15) is 36.3 Å². The first-order valence-electron chi connectivity index (χ1n) is 14.2. The monoisotopic (exact) mass is 581 g/mol. The number of hydrogen-bond donors (Lipinski definition) is 0. The van der Waals surface area contributed by atoms with Crippen LogP contribution < -0.4 is 0 Å². The topological polar surface area (TPSA) is 70.2 Å². The summed E-state index contributed by atoms with van der Waals surface area (Å²) >= 11 is 0. The minimum atomic E-state index is -3.60. The number of amides is 1. The summed E-state index contributed by atoms with van der Waals surface area (Å²) < 4.78 is 46.7. The largest absolute Gasteiger partial charge is 0.445 e. The molecule has 1 saturated heterocycles. The molecule has 0 spiro atoms. The predicted octanol–water partition coefficient (Wildman–Crippen LogP) is 5.55. The molecule has 1 amide bonds. The Kier molecular flexibility index (Phi) is 11.3. The van der Waals surface area contributed by atoms with Gasteiger partial charge in [0.25, 0.3) is 0 Å². The Bertz CT molecular complexity index is 1300. The highest BCUT2D eigenvalue weighted by Crippen LogP contribution is 2.26. The number of benzene rings is 3. The van der Waals surface area contributed by atoms with Gasteiger partial charge in [0.05, 0.1) is 11.4 Å².